The highest BCUT2D eigenvalue weighted by Gasteiger charge is 2.26. The summed E-state index contributed by atoms with van der Waals surface area (Å²) in [4.78, 5) is 75.6. The highest BCUT2D eigenvalue weighted by Crippen LogP contribution is 2.32. The van der Waals surface area contributed by atoms with E-state index in [9.17, 15) is 19.2 Å². The van der Waals surface area contributed by atoms with E-state index in [-0.39, 0.29) is 34.8 Å². The average Bonchev–Trinajstić information content (AvgIpc) is 3.87. The Bertz CT molecular complexity index is 2400. The largest absolute Gasteiger partial charge is 0.385 e. The highest BCUT2D eigenvalue weighted by atomic mass is 32.1. The molecular formula is C44H55N11O4S. The number of nitrogens with zero attached hydrogens (tertiary/aromatic N) is 7. The molecule has 0 unspecified atom stereocenters. The van der Waals surface area contributed by atoms with E-state index in [0.29, 0.717) is 52.1 Å². The Hall–Kier alpha value is -5.74. The maximum atomic E-state index is 13.6. The number of anilines is 5. The second kappa shape index (κ2) is 19.1. The Morgan fingerprint density at radius 1 is 0.867 bits per heavy atom. The monoisotopic (exact) mass is 833 g/mol. The molecule has 1 saturated carbocycles. The second-order valence-electron chi connectivity index (χ2n) is 15.8. The molecule has 2 fully saturated rings. The number of aromatic nitrogens is 5. The predicted molar refractivity (Wildman–Crippen MR) is 238 cm³/mol. The minimum atomic E-state index is -0.277. The van der Waals surface area contributed by atoms with Gasteiger partial charge in [-0.15, -0.1) is 11.3 Å². The number of fused-ring (bicyclic) bond motifs is 1. The van der Waals surface area contributed by atoms with Crippen LogP contribution in [-0.4, -0.2) is 92.8 Å². The van der Waals surface area contributed by atoms with Crippen molar-refractivity contribution in [3.05, 3.63) is 85.9 Å². The van der Waals surface area contributed by atoms with Gasteiger partial charge in [0.2, 0.25) is 11.9 Å². The van der Waals surface area contributed by atoms with Crippen LogP contribution in [0.1, 0.15) is 100 Å². The molecule has 0 radical (unpaired) electrons. The van der Waals surface area contributed by atoms with Crippen molar-refractivity contribution in [2.45, 2.75) is 85.6 Å². The molecule has 1 aliphatic carbocycles. The fourth-order valence-electron chi connectivity index (χ4n) is 8.13. The van der Waals surface area contributed by atoms with Crippen LogP contribution in [0.3, 0.4) is 0 Å². The molecule has 60 heavy (non-hydrogen) atoms. The lowest BCUT2D eigenvalue weighted by Gasteiger charge is -2.35. The van der Waals surface area contributed by atoms with Crippen LogP contribution in [0.15, 0.2) is 47.5 Å². The Kier molecular flexibility index (Phi) is 13.5. The molecule has 0 bridgehead atoms. The third kappa shape index (κ3) is 9.82. The summed E-state index contributed by atoms with van der Waals surface area (Å²) in [6, 6.07) is 9.62. The van der Waals surface area contributed by atoms with Gasteiger partial charge in [-0.25, -0.2) is 15.0 Å². The lowest BCUT2D eigenvalue weighted by atomic mass is 10.0. The van der Waals surface area contributed by atoms with Crippen molar-refractivity contribution in [1.29, 1.82) is 0 Å². The molecule has 1 aromatic carbocycles. The summed E-state index contributed by atoms with van der Waals surface area (Å²) in [7, 11) is 0. The number of Topliss-reactive ketones (excluding diaryl/α,β-unsaturated/α-hetero) is 1. The maximum absolute atomic E-state index is 13.6. The fourth-order valence-corrected chi connectivity index (χ4v) is 8.94. The van der Waals surface area contributed by atoms with Crippen molar-refractivity contribution in [3.8, 4) is 0 Å². The number of hydrogen-bond donors (Lipinski definition) is 4. The molecule has 16 heteroatoms. The molecule has 2 aliphatic rings. The molecule has 4 aromatic heterocycles. The Morgan fingerprint density at radius 3 is 2.33 bits per heavy atom. The molecule has 15 nitrogen and oxygen atoms in total. The number of nitrogens with one attached hydrogen (secondary N) is 4. The number of rotatable bonds is 16. The van der Waals surface area contributed by atoms with Crippen LogP contribution in [0.25, 0.3) is 11.0 Å². The van der Waals surface area contributed by atoms with E-state index in [2.05, 4.69) is 46.0 Å². The molecule has 2 amide bonds. The van der Waals surface area contributed by atoms with Crippen LogP contribution < -0.4 is 31.7 Å². The van der Waals surface area contributed by atoms with Crippen molar-refractivity contribution in [2.24, 2.45) is 0 Å². The third-order valence-corrected chi connectivity index (χ3v) is 12.6. The number of hydrogen-bond acceptors (Lipinski definition) is 13. The van der Waals surface area contributed by atoms with Gasteiger partial charge in [-0.3, -0.25) is 34.0 Å². The van der Waals surface area contributed by atoms with E-state index >= 15 is 0 Å². The van der Waals surface area contributed by atoms with Gasteiger partial charge in [-0.2, -0.15) is 4.98 Å². The Labute approximate surface area is 354 Å². The fraction of sp³-hybridized carbons (Fsp3) is 0.455. The van der Waals surface area contributed by atoms with Gasteiger partial charge >= 0.3 is 0 Å². The van der Waals surface area contributed by atoms with Crippen molar-refractivity contribution in [3.63, 3.8) is 0 Å². The van der Waals surface area contributed by atoms with E-state index in [1.54, 1.807) is 17.7 Å². The van der Waals surface area contributed by atoms with Gasteiger partial charge in [-0.1, -0.05) is 18.9 Å². The van der Waals surface area contributed by atoms with Crippen molar-refractivity contribution in [2.75, 3.05) is 66.7 Å². The van der Waals surface area contributed by atoms with Gasteiger partial charge in [0.05, 0.1) is 29.7 Å². The molecule has 4 N–H and O–H groups in total. The summed E-state index contributed by atoms with van der Waals surface area (Å²) < 4.78 is 1.71. The van der Waals surface area contributed by atoms with Gasteiger partial charge in [0, 0.05) is 73.0 Å². The van der Waals surface area contributed by atoms with Crippen LogP contribution in [-0.2, 0) is 4.79 Å². The van der Waals surface area contributed by atoms with Gasteiger partial charge in [-0.05, 0) is 102 Å². The smallest absolute Gasteiger partial charge is 0.263 e. The SMILES string of the molecule is CC(=O)c1c(C)c2cnc(Nc3ccc(N4CCN(CC(=O)NCCCCCNc5cccc(C(=O)Nc6nc(C)c(C)s6)c5C)CC4)cn3)nc2n(C2CCCC2)c1=O. The summed E-state index contributed by atoms with van der Waals surface area (Å²) in [6.45, 7) is 14.0. The highest BCUT2D eigenvalue weighted by molar-refractivity contribution is 7.15. The number of benzene rings is 1. The Morgan fingerprint density at radius 2 is 1.63 bits per heavy atom. The van der Waals surface area contributed by atoms with Crippen LogP contribution in [0.2, 0.25) is 0 Å². The minimum Gasteiger partial charge on any atom is -0.385 e. The van der Waals surface area contributed by atoms with Gasteiger partial charge in [0.1, 0.15) is 11.5 Å². The first-order chi connectivity index (χ1) is 29.0. The maximum Gasteiger partial charge on any atom is 0.263 e. The van der Waals surface area contributed by atoms with E-state index < -0.39 is 0 Å². The number of carbonyl (C=O) groups excluding carboxylic acids is 3. The zero-order chi connectivity index (χ0) is 42.3. The van der Waals surface area contributed by atoms with Crippen LogP contribution in [0.5, 0.6) is 0 Å². The first-order valence-corrected chi connectivity index (χ1v) is 21.8. The number of thiazole rings is 1. The third-order valence-electron chi connectivity index (χ3n) is 11.7. The van der Waals surface area contributed by atoms with E-state index in [1.165, 1.54) is 18.3 Å². The van der Waals surface area contributed by atoms with Crippen LogP contribution in [0.4, 0.5) is 28.3 Å². The number of unbranched alkanes of at least 4 members (excludes halogenated alkanes) is 2. The van der Waals surface area contributed by atoms with Crippen molar-refractivity contribution < 1.29 is 14.4 Å². The second-order valence-corrected chi connectivity index (χ2v) is 17.0. The predicted octanol–water partition coefficient (Wildman–Crippen LogP) is 6.71. The molecule has 1 aliphatic heterocycles. The normalized spacial score (nSPS) is 14.7. The quantitative estimate of drug-likeness (QED) is 0.0611. The summed E-state index contributed by atoms with van der Waals surface area (Å²) in [5, 5.41) is 14.0. The zero-order valence-corrected chi connectivity index (χ0v) is 36.0. The standard InChI is InChI=1S/C44H55N11O4S/c1-27-34(41(58)52-44-49-29(3)31(5)60-44)14-11-15-36(27)45-18-9-6-10-19-46-38(57)26-53-20-22-54(23-21-53)33-16-17-37(47-24-33)50-43-48-25-35-28(2)39(30(4)56)42(59)55(40(35)51-43)32-12-7-8-13-32/h11,14-17,24-25,32,45H,6-10,12-13,18-23,26H2,1-5H3,(H,46,57)(H,49,52,58)(H,47,48,50,51). The van der Waals surface area contributed by atoms with E-state index in [1.807, 2.05) is 57.3 Å². The van der Waals surface area contributed by atoms with Crippen molar-refractivity contribution in [1.82, 2.24) is 34.7 Å². The van der Waals surface area contributed by atoms with Crippen LogP contribution >= 0.6 is 11.3 Å². The molecular weight excluding hydrogens is 779 g/mol. The number of ketones is 1. The number of pyridine rings is 2. The minimum absolute atomic E-state index is 0.00661. The number of amides is 2. The van der Waals surface area contributed by atoms with E-state index in [0.717, 1.165) is 105 Å². The van der Waals surface area contributed by atoms with E-state index in [4.69, 9.17) is 4.98 Å². The molecule has 7 rings (SSSR count). The van der Waals surface area contributed by atoms with Gasteiger partial charge in [0.15, 0.2) is 10.9 Å². The average molecular weight is 834 g/mol. The first kappa shape index (κ1) is 42.4. The zero-order valence-electron chi connectivity index (χ0n) is 35.2. The summed E-state index contributed by atoms with van der Waals surface area (Å²) in [6.07, 6.45) is 10.2. The van der Waals surface area contributed by atoms with Crippen molar-refractivity contribution >= 4 is 68.2 Å². The molecule has 0 spiro atoms. The number of carbonyl (C=O) groups is 3. The molecule has 0 atom stereocenters. The topological polar surface area (TPSA) is 179 Å². The summed E-state index contributed by atoms with van der Waals surface area (Å²) in [5.41, 5.74) is 5.47. The summed E-state index contributed by atoms with van der Waals surface area (Å²) >= 11 is 1.48. The number of piperazine rings is 1. The Balaban J connectivity index is 0.815. The molecule has 1 saturated heterocycles. The lowest BCUT2D eigenvalue weighted by molar-refractivity contribution is -0.122. The first-order valence-electron chi connectivity index (χ1n) is 21.0. The van der Waals surface area contributed by atoms with Gasteiger partial charge < -0.3 is 20.9 Å². The van der Waals surface area contributed by atoms with Gasteiger partial charge in [0.25, 0.3) is 11.5 Å². The molecule has 5 heterocycles. The summed E-state index contributed by atoms with van der Waals surface area (Å²) in [5.74, 6) is 0.548. The number of aryl methyl sites for hydroxylation is 3. The lowest BCUT2D eigenvalue weighted by Crippen LogP contribution is -2.49. The van der Waals surface area contributed by atoms with Crippen LogP contribution in [0, 0.1) is 27.7 Å². The molecule has 316 valence electrons. The molecule has 5 aromatic rings.